The molecule has 0 saturated heterocycles. The Kier molecular flexibility index (Phi) is 3.85. The maximum Gasteiger partial charge on any atom is 0.338 e. The van der Waals surface area contributed by atoms with Crippen LogP contribution in [0.4, 0.5) is 11.4 Å². The Balaban J connectivity index is 2.47. The van der Waals surface area contributed by atoms with E-state index in [-0.39, 0.29) is 16.8 Å². The van der Waals surface area contributed by atoms with E-state index in [4.69, 9.17) is 10.2 Å². The van der Waals surface area contributed by atoms with Crippen LogP contribution in [0.5, 0.6) is 0 Å². The third-order valence-corrected chi connectivity index (χ3v) is 2.52. The van der Waals surface area contributed by atoms with Crippen molar-refractivity contribution in [1.82, 2.24) is 0 Å². The number of carboxylic acid groups (broad SMARTS) is 2. The Morgan fingerprint density at radius 2 is 1.50 bits per heavy atom. The molecule has 2 N–H and O–H groups in total. The highest BCUT2D eigenvalue weighted by atomic mass is 16.4. The van der Waals surface area contributed by atoms with Gasteiger partial charge in [0.1, 0.15) is 11.3 Å². The van der Waals surface area contributed by atoms with Gasteiger partial charge in [0.25, 0.3) is 0 Å². The van der Waals surface area contributed by atoms with Gasteiger partial charge in [-0.15, -0.1) is 5.11 Å². The van der Waals surface area contributed by atoms with E-state index in [2.05, 4.69) is 10.2 Å². The van der Waals surface area contributed by atoms with Crippen LogP contribution in [0.25, 0.3) is 0 Å². The second kappa shape index (κ2) is 5.75. The van der Waals surface area contributed by atoms with Crippen molar-refractivity contribution in [3.8, 4) is 0 Å². The molecule has 0 bridgehead atoms. The van der Waals surface area contributed by atoms with Gasteiger partial charge >= 0.3 is 11.9 Å². The maximum absolute atomic E-state index is 11.2. The maximum atomic E-state index is 11.2. The van der Waals surface area contributed by atoms with Crippen LogP contribution in [-0.4, -0.2) is 22.2 Å². The van der Waals surface area contributed by atoms with Crippen LogP contribution < -0.4 is 0 Å². The van der Waals surface area contributed by atoms with Crippen molar-refractivity contribution < 1.29 is 19.8 Å². The van der Waals surface area contributed by atoms with Gasteiger partial charge in [0.15, 0.2) is 0 Å². The first-order valence-corrected chi connectivity index (χ1v) is 5.66. The molecule has 2 aromatic carbocycles. The van der Waals surface area contributed by atoms with Crippen molar-refractivity contribution in [3.05, 3.63) is 59.7 Å². The zero-order valence-corrected chi connectivity index (χ0v) is 10.2. The second-order valence-electron chi connectivity index (χ2n) is 3.85. The normalized spacial score (nSPS) is 10.6. The van der Waals surface area contributed by atoms with Crippen LogP contribution in [0.1, 0.15) is 20.7 Å². The van der Waals surface area contributed by atoms with E-state index in [1.165, 1.54) is 18.2 Å². The number of hydrogen-bond donors (Lipinski definition) is 2. The van der Waals surface area contributed by atoms with Crippen LogP contribution in [0.2, 0.25) is 0 Å². The highest BCUT2D eigenvalue weighted by Crippen LogP contribution is 2.25. The summed E-state index contributed by atoms with van der Waals surface area (Å²) in [5.41, 5.74) is -0.146. The first kappa shape index (κ1) is 13.4. The molecule has 0 aliphatic rings. The summed E-state index contributed by atoms with van der Waals surface area (Å²) in [4.78, 5) is 22.2. The highest BCUT2D eigenvalue weighted by molar-refractivity contribution is 6.05. The van der Waals surface area contributed by atoms with Crippen molar-refractivity contribution in [2.75, 3.05) is 0 Å². The molecule has 2 aromatic rings. The average molecular weight is 270 g/mol. The number of rotatable bonds is 4. The third kappa shape index (κ3) is 2.86. The van der Waals surface area contributed by atoms with E-state index in [0.717, 1.165) is 0 Å². The summed E-state index contributed by atoms with van der Waals surface area (Å²) in [7, 11) is 0. The number of azo groups is 1. The fourth-order valence-corrected chi connectivity index (χ4v) is 1.63. The molecule has 0 aliphatic heterocycles. The smallest absolute Gasteiger partial charge is 0.338 e. The van der Waals surface area contributed by atoms with E-state index < -0.39 is 11.9 Å². The van der Waals surface area contributed by atoms with Gasteiger partial charge in [-0.2, -0.15) is 5.11 Å². The van der Waals surface area contributed by atoms with Crippen molar-refractivity contribution in [2.45, 2.75) is 0 Å². The predicted octanol–water partition coefficient (Wildman–Crippen LogP) is 3.50. The molecule has 6 heteroatoms. The van der Waals surface area contributed by atoms with Crippen LogP contribution in [-0.2, 0) is 0 Å². The first-order valence-electron chi connectivity index (χ1n) is 5.66. The Morgan fingerprint density at radius 3 is 2.10 bits per heavy atom. The number of aromatic carboxylic acids is 2. The lowest BCUT2D eigenvalue weighted by Gasteiger charge is -2.03. The SMILES string of the molecule is O=C(O)c1cccc(N=Nc2ccccc2)c1C(=O)O. The molecule has 2 rings (SSSR count). The zero-order valence-electron chi connectivity index (χ0n) is 10.2. The lowest BCUT2D eigenvalue weighted by Crippen LogP contribution is -2.07. The molecule has 0 saturated carbocycles. The lowest BCUT2D eigenvalue weighted by molar-refractivity contribution is 0.0652. The Hall–Kier alpha value is -3.02. The van der Waals surface area contributed by atoms with Gasteiger partial charge in [0.05, 0.1) is 11.3 Å². The molecule has 0 aromatic heterocycles. The van der Waals surface area contributed by atoms with Gasteiger partial charge < -0.3 is 10.2 Å². The van der Waals surface area contributed by atoms with Crippen LogP contribution >= 0.6 is 0 Å². The number of carbonyl (C=O) groups is 2. The average Bonchev–Trinajstić information content (AvgIpc) is 2.45. The zero-order chi connectivity index (χ0) is 14.5. The molecule has 0 atom stereocenters. The topological polar surface area (TPSA) is 99.3 Å². The molecule has 20 heavy (non-hydrogen) atoms. The van der Waals surface area contributed by atoms with Gasteiger partial charge in [0.2, 0.25) is 0 Å². The predicted molar refractivity (Wildman–Crippen MR) is 71.0 cm³/mol. The van der Waals surface area contributed by atoms with Gasteiger partial charge in [0, 0.05) is 0 Å². The quantitative estimate of drug-likeness (QED) is 0.830. The standard InChI is InChI=1S/C14H10N2O4/c17-13(18)10-7-4-8-11(12(10)14(19)20)16-15-9-5-2-1-3-6-9/h1-8H,(H,17,18)(H,19,20). The van der Waals surface area contributed by atoms with Crippen LogP contribution in [0.15, 0.2) is 58.8 Å². The molecular weight excluding hydrogens is 260 g/mol. The molecule has 6 nitrogen and oxygen atoms in total. The van der Waals surface area contributed by atoms with Crippen LogP contribution in [0.3, 0.4) is 0 Å². The molecule has 0 amide bonds. The summed E-state index contributed by atoms with van der Waals surface area (Å²) in [5.74, 6) is -2.68. The summed E-state index contributed by atoms with van der Waals surface area (Å²) in [5, 5.41) is 25.8. The fraction of sp³-hybridized carbons (Fsp3) is 0. The summed E-state index contributed by atoms with van der Waals surface area (Å²) in [6.45, 7) is 0. The molecule has 100 valence electrons. The van der Waals surface area contributed by atoms with E-state index >= 15 is 0 Å². The van der Waals surface area contributed by atoms with E-state index in [9.17, 15) is 9.59 Å². The number of benzene rings is 2. The number of carboxylic acids is 2. The molecule has 0 radical (unpaired) electrons. The molecule has 0 aliphatic carbocycles. The Morgan fingerprint density at radius 1 is 0.800 bits per heavy atom. The Labute approximate surface area is 114 Å². The van der Waals surface area contributed by atoms with Gasteiger partial charge in [-0.05, 0) is 24.3 Å². The lowest BCUT2D eigenvalue weighted by atomic mass is 10.1. The van der Waals surface area contributed by atoms with Crippen molar-refractivity contribution in [2.24, 2.45) is 10.2 Å². The van der Waals surface area contributed by atoms with E-state index in [0.29, 0.717) is 5.69 Å². The number of hydrogen-bond acceptors (Lipinski definition) is 4. The summed E-state index contributed by atoms with van der Waals surface area (Å²) in [6, 6.07) is 12.8. The minimum Gasteiger partial charge on any atom is -0.478 e. The van der Waals surface area contributed by atoms with Crippen molar-refractivity contribution in [3.63, 3.8) is 0 Å². The first-order chi connectivity index (χ1) is 9.59. The number of nitrogens with zero attached hydrogens (tertiary/aromatic N) is 2. The summed E-state index contributed by atoms with van der Waals surface area (Å²) >= 11 is 0. The van der Waals surface area contributed by atoms with E-state index in [1.807, 2.05) is 6.07 Å². The third-order valence-electron chi connectivity index (χ3n) is 2.52. The minimum absolute atomic E-state index is 0.00116. The largest absolute Gasteiger partial charge is 0.478 e. The van der Waals surface area contributed by atoms with Gasteiger partial charge in [-0.25, -0.2) is 9.59 Å². The van der Waals surface area contributed by atoms with E-state index in [1.54, 1.807) is 24.3 Å². The molecule has 0 unspecified atom stereocenters. The highest BCUT2D eigenvalue weighted by Gasteiger charge is 2.19. The van der Waals surface area contributed by atoms with Gasteiger partial charge in [-0.3, -0.25) is 0 Å². The second-order valence-corrected chi connectivity index (χ2v) is 3.85. The molecule has 0 heterocycles. The van der Waals surface area contributed by atoms with Crippen molar-refractivity contribution in [1.29, 1.82) is 0 Å². The summed E-state index contributed by atoms with van der Waals surface area (Å²) < 4.78 is 0. The Bertz CT molecular complexity index is 681. The molecule has 0 fully saturated rings. The summed E-state index contributed by atoms with van der Waals surface area (Å²) in [6.07, 6.45) is 0. The minimum atomic E-state index is -1.36. The monoisotopic (exact) mass is 270 g/mol. The van der Waals surface area contributed by atoms with Crippen LogP contribution in [0, 0.1) is 0 Å². The van der Waals surface area contributed by atoms with Gasteiger partial charge in [-0.1, -0.05) is 24.3 Å². The van der Waals surface area contributed by atoms with Crippen molar-refractivity contribution >= 4 is 23.3 Å². The molecular formula is C14H10N2O4. The fourth-order valence-electron chi connectivity index (χ4n) is 1.63. The molecule has 0 spiro atoms.